The molecule has 0 spiro atoms. The normalized spacial score (nSPS) is 32.4. The fourth-order valence-corrected chi connectivity index (χ4v) is 5.09. The van der Waals surface area contributed by atoms with Gasteiger partial charge < -0.3 is 0 Å². The number of hydrogen-bond donors (Lipinski definition) is 0. The van der Waals surface area contributed by atoms with Crippen molar-refractivity contribution in [2.45, 2.75) is 81.6 Å². The van der Waals surface area contributed by atoms with Crippen molar-refractivity contribution in [2.75, 3.05) is 0 Å². The van der Waals surface area contributed by atoms with Crippen molar-refractivity contribution in [3.8, 4) is 0 Å². The smallest absolute Gasteiger partial charge is 0.136 e. The van der Waals surface area contributed by atoms with Crippen LogP contribution < -0.4 is 0 Å². The standard InChI is InChI=1S/C15H26OS/c1-2-3-4-5-9-15(16)12-10-13-7-6-8-14(11-12)17-13/h12-14H,2-11H2,1H3. The number of unbranched alkanes of at least 4 members (excludes halogenated alkanes) is 3. The van der Waals surface area contributed by atoms with Gasteiger partial charge in [0.1, 0.15) is 5.78 Å². The Kier molecular flexibility index (Phi) is 5.40. The molecule has 0 N–H and O–H groups in total. The summed E-state index contributed by atoms with van der Waals surface area (Å²) in [6, 6.07) is 0. The molecule has 2 heteroatoms. The van der Waals surface area contributed by atoms with Crippen molar-refractivity contribution >= 4 is 17.5 Å². The van der Waals surface area contributed by atoms with Gasteiger partial charge >= 0.3 is 0 Å². The highest BCUT2D eigenvalue weighted by molar-refractivity contribution is 8.00. The van der Waals surface area contributed by atoms with Crippen LogP contribution in [0.1, 0.15) is 71.1 Å². The number of rotatable bonds is 6. The summed E-state index contributed by atoms with van der Waals surface area (Å²) in [6.45, 7) is 2.22. The summed E-state index contributed by atoms with van der Waals surface area (Å²) in [6.07, 6.45) is 12.3. The van der Waals surface area contributed by atoms with Crippen LogP contribution in [0.3, 0.4) is 0 Å². The zero-order valence-electron chi connectivity index (χ0n) is 11.1. The third-order valence-corrected chi connectivity index (χ3v) is 5.89. The molecule has 2 rings (SSSR count). The van der Waals surface area contributed by atoms with Crippen molar-refractivity contribution < 1.29 is 4.79 Å². The van der Waals surface area contributed by atoms with Gasteiger partial charge in [0.2, 0.25) is 0 Å². The van der Waals surface area contributed by atoms with Crippen LogP contribution in [-0.2, 0) is 4.79 Å². The Labute approximate surface area is 110 Å². The number of Topliss-reactive ketones (excluding diaryl/α,β-unsaturated/α-hetero) is 1. The van der Waals surface area contributed by atoms with Crippen molar-refractivity contribution in [1.29, 1.82) is 0 Å². The molecule has 0 saturated carbocycles. The molecule has 98 valence electrons. The third-order valence-electron chi connectivity index (χ3n) is 4.26. The Balaban J connectivity index is 1.72. The molecular formula is C15H26OS. The van der Waals surface area contributed by atoms with E-state index in [1.807, 2.05) is 0 Å². The topological polar surface area (TPSA) is 17.1 Å². The van der Waals surface area contributed by atoms with Gasteiger partial charge in [0.05, 0.1) is 0 Å². The van der Waals surface area contributed by atoms with Crippen LogP contribution >= 0.6 is 11.8 Å². The second kappa shape index (κ2) is 6.82. The highest BCUT2D eigenvalue weighted by atomic mass is 32.2. The minimum Gasteiger partial charge on any atom is -0.299 e. The molecule has 0 amide bonds. The van der Waals surface area contributed by atoms with Gasteiger partial charge in [-0.1, -0.05) is 32.6 Å². The maximum absolute atomic E-state index is 12.2. The van der Waals surface area contributed by atoms with E-state index in [0.29, 0.717) is 11.7 Å². The summed E-state index contributed by atoms with van der Waals surface area (Å²) < 4.78 is 0. The molecule has 2 saturated heterocycles. The molecule has 0 radical (unpaired) electrons. The molecule has 2 unspecified atom stereocenters. The molecule has 2 atom stereocenters. The Morgan fingerprint density at radius 2 is 1.82 bits per heavy atom. The van der Waals surface area contributed by atoms with E-state index >= 15 is 0 Å². The predicted molar refractivity (Wildman–Crippen MR) is 75.5 cm³/mol. The van der Waals surface area contributed by atoms with E-state index in [9.17, 15) is 4.79 Å². The molecule has 0 aromatic carbocycles. The van der Waals surface area contributed by atoms with Gasteiger partial charge in [0, 0.05) is 22.8 Å². The summed E-state index contributed by atoms with van der Waals surface area (Å²) in [5.74, 6) is 1.01. The molecule has 2 fully saturated rings. The van der Waals surface area contributed by atoms with E-state index in [0.717, 1.165) is 23.3 Å². The zero-order valence-corrected chi connectivity index (χ0v) is 11.9. The van der Waals surface area contributed by atoms with Crippen LogP contribution in [0.5, 0.6) is 0 Å². The molecular weight excluding hydrogens is 228 g/mol. The number of fused-ring (bicyclic) bond motifs is 2. The lowest BCUT2D eigenvalue weighted by Crippen LogP contribution is -2.32. The van der Waals surface area contributed by atoms with Crippen molar-refractivity contribution in [2.24, 2.45) is 5.92 Å². The van der Waals surface area contributed by atoms with Gasteiger partial charge in [0.25, 0.3) is 0 Å². The van der Waals surface area contributed by atoms with Crippen molar-refractivity contribution in [3.63, 3.8) is 0 Å². The predicted octanol–water partition coefficient (Wildman–Crippen LogP) is 4.59. The van der Waals surface area contributed by atoms with Crippen LogP contribution in [0.4, 0.5) is 0 Å². The van der Waals surface area contributed by atoms with Gasteiger partial charge in [-0.3, -0.25) is 4.79 Å². The van der Waals surface area contributed by atoms with Gasteiger partial charge in [0.15, 0.2) is 0 Å². The minimum atomic E-state index is 0.424. The Bertz CT molecular complexity index is 239. The lowest BCUT2D eigenvalue weighted by atomic mass is 9.85. The minimum absolute atomic E-state index is 0.424. The molecule has 2 heterocycles. The number of carbonyl (C=O) groups excluding carboxylic acids is 1. The van der Waals surface area contributed by atoms with Crippen LogP contribution in [0.15, 0.2) is 0 Å². The average Bonchev–Trinajstić information content (AvgIpc) is 2.34. The van der Waals surface area contributed by atoms with Gasteiger partial charge in [-0.05, 0) is 32.1 Å². The van der Waals surface area contributed by atoms with Gasteiger partial charge in [-0.25, -0.2) is 0 Å². The van der Waals surface area contributed by atoms with E-state index < -0.39 is 0 Å². The van der Waals surface area contributed by atoms with Crippen molar-refractivity contribution in [1.82, 2.24) is 0 Å². The van der Waals surface area contributed by atoms with E-state index in [-0.39, 0.29) is 0 Å². The summed E-state index contributed by atoms with van der Waals surface area (Å²) in [5, 5.41) is 1.62. The van der Waals surface area contributed by atoms with E-state index in [2.05, 4.69) is 18.7 Å². The molecule has 0 aromatic heterocycles. The van der Waals surface area contributed by atoms with Crippen LogP contribution in [0, 0.1) is 5.92 Å². The molecule has 2 aliphatic rings. The summed E-state index contributed by atoms with van der Waals surface area (Å²) >= 11 is 2.17. The van der Waals surface area contributed by atoms with Crippen LogP contribution in [0.2, 0.25) is 0 Å². The van der Waals surface area contributed by atoms with Gasteiger partial charge in [-0.15, -0.1) is 0 Å². The van der Waals surface area contributed by atoms with Crippen LogP contribution in [-0.4, -0.2) is 16.3 Å². The fraction of sp³-hybridized carbons (Fsp3) is 0.933. The Morgan fingerprint density at radius 1 is 1.12 bits per heavy atom. The van der Waals surface area contributed by atoms with Crippen molar-refractivity contribution in [3.05, 3.63) is 0 Å². The van der Waals surface area contributed by atoms with E-state index in [1.54, 1.807) is 0 Å². The highest BCUT2D eigenvalue weighted by Crippen LogP contribution is 2.44. The Morgan fingerprint density at radius 3 is 2.47 bits per heavy atom. The summed E-state index contributed by atoms with van der Waals surface area (Å²) in [5.41, 5.74) is 0. The average molecular weight is 254 g/mol. The largest absolute Gasteiger partial charge is 0.299 e. The molecule has 1 nitrogen and oxygen atoms in total. The molecule has 17 heavy (non-hydrogen) atoms. The first-order valence-electron chi connectivity index (χ1n) is 7.47. The number of hydrogen-bond acceptors (Lipinski definition) is 2. The monoisotopic (exact) mass is 254 g/mol. The Hall–Kier alpha value is 0.0200. The first kappa shape index (κ1) is 13.5. The maximum Gasteiger partial charge on any atom is 0.136 e. The summed E-state index contributed by atoms with van der Waals surface area (Å²) in [7, 11) is 0. The lowest BCUT2D eigenvalue weighted by Gasteiger charge is -2.38. The van der Waals surface area contributed by atoms with E-state index in [1.165, 1.54) is 51.4 Å². The summed E-state index contributed by atoms with van der Waals surface area (Å²) in [4.78, 5) is 12.2. The first-order valence-corrected chi connectivity index (χ1v) is 8.42. The number of thioether (sulfide) groups is 1. The third kappa shape index (κ3) is 4.01. The molecule has 2 aliphatic heterocycles. The van der Waals surface area contributed by atoms with Crippen LogP contribution in [0.25, 0.3) is 0 Å². The second-order valence-electron chi connectivity index (χ2n) is 5.76. The van der Waals surface area contributed by atoms with Gasteiger partial charge in [-0.2, -0.15) is 11.8 Å². The molecule has 0 aliphatic carbocycles. The SMILES string of the molecule is CCCCCCC(=O)C1CC2CCCC(C1)S2. The highest BCUT2D eigenvalue weighted by Gasteiger charge is 2.34. The second-order valence-corrected chi connectivity index (χ2v) is 7.36. The van der Waals surface area contributed by atoms with E-state index in [4.69, 9.17) is 0 Å². The lowest BCUT2D eigenvalue weighted by molar-refractivity contribution is -0.123. The number of ketones is 1. The quantitative estimate of drug-likeness (QED) is 0.645. The molecule has 2 bridgehead atoms. The zero-order chi connectivity index (χ0) is 12.1. The molecule has 0 aromatic rings. The maximum atomic E-state index is 12.2. The fourth-order valence-electron chi connectivity index (χ4n) is 3.25. The first-order chi connectivity index (χ1) is 8.29. The number of carbonyl (C=O) groups is 1.